The molecular weight excluding hydrogens is 456 g/mol. The molecule has 0 saturated carbocycles. The smallest absolute Gasteiger partial charge is 0.243 e. The normalized spacial score (nSPS) is 12.1. The fourth-order valence-electron chi connectivity index (χ4n) is 4.49. The standard InChI is InChI=1S/C33H42N2O2/c1-6-21-34-32(37)30(23-27-12-8-7-9-13-27)35(24-28-14-10-11-25(2)22-28)31(36)20-17-26-15-18-29(19-16-26)33(3,4)5/h7-16,18-19,22,30H,6,17,20-21,23-24H2,1-5H3,(H,34,37). The molecule has 0 aliphatic rings. The summed E-state index contributed by atoms with van der Waals surface area (Å²) in [6.07, 6.45) is 2.32. The molecule has 0 bridgehead atoms. The average Bonchev–Trinajstić information content (AvgIpc) is 2.88. The Morgan fingerprint density at radius 3 is 2.16 bits per heavy atom. The Morgan fingerprint density at radius 2 is 1.54 bits per heavy atom. The molecule has 0 aliphatic heterocycles. The molecule has 0 radical (unpaired) electrons. The molecule has 196 valence electrons. The van der Waals surface area contributed by atoms with Crippen LogP contribution < -0.4 is 5.32 Å². The monoisotopic (exact) mass is 498 g/mol. The van der Waals surface area contributed by atoms with Crippen molar-refractivity contribution >= 4 is 11.8 Å². The zero-order valence-electron chi connectivity index (χ0n) is 23.1. The minimum atomic E-state index is -0.578. The molecule has 0 fully saturated rings. The van der Waals surface area contributed by atoms with Crippen molar-refractivity contribution in [2.45, 2.75) is 78.3 Å². The topological polar surface area (TPSA) is 49.4 Å². The fourth-order valence-corrected chi connectivity index (χ4v) is 4.49. The van der Waals surface area contributed by atoms with Gasteiger partial charge in [-0.3, -0.25) is 9.59 Å². The van der Waals surface area contributed by atoms with Crippen molar-refractivity contribution in [3.8, 4) is 0 Å². The zero-order chi connectivity index (χ0) is 26.8. The van der Waals surface area contributed by atoms with Gasteiger partial charge in [-0.1, -0.05) is 112 Å². The van der Waals surface area contributed by atoms with Gasteiger partial charge >= 0.3 is 0 Å². The first-order valence-corrected chi connectivity index (χ1v) is 13.4. The second kappa shape index (κ2) is 13.2. The minimum absolute atomic E-state index is 0.00557. The van der Waals surface area contributed by atoms with Crippen LogP contribution in [0.1, 0.15) is 68.4 Å². The van der Waals surface area contributed by atoms with E-state index in [0.717, 1.165) is 28.7 Å². The predicted octanol–water partition coefficient (Wildman–Crippen LogP) is 6.39. The van der Waals surface area contributed by atoms with Crippen LogP contribution in [-0.2, 0) is 34.4 Å². The Labute approximate surface area is 223 Å². The zero-order valence-corrected chi connectivity index (χ0v) is 23.1. The summed E-state index contributed by atoms with van der Waals surface area (Å²) in [5, 5.41) is 3.05. The van der Waals surface area contributed by atoms with Crippen LogP contribution in [0, 0.1) is 6.92 Å². The van der Waals surface area contributed by atoms with Gasteiger partial charge in [-0.15, -0.1) is 0 Å². The summed E-state index contributed by atoms with van der Waals surface area (Å²) in [6.45, 7) is 11.7. The first kappa shape index (κ1) is 28.2. The molecule has 2 amide bonds. The third-order valence-corrected chi connectivity index (χ3v) is 6.70. The van der Waals surface area contributed by atoms with E-state index in [9.17, 15) is 9.59 Å². The Hall–Kier alpha value is -3.40. The maximum absolute atomic E-state index is 13.8. The van der Waals surface area contributed by atoms with Crippen LogP contribution in [0.25, 0.3) is 0 Å². The lowest BCUT2D eigenvalue weighted by molar-refractivity contribution is -0.141. The van der Waals surface area contributed by atoms with E-state index >= 15 is 0 Å². The van der Waals surface area contributed by atoms with E-state index in [1.807, 2.05) is 62.4 Å². The lowest BCUT2D eigenvalue weighted by Crippen LogP contribution is -2.50. The van der Waals surface area contributed by atoms with Gasteiger partial charge in [0.05, 0.1) is 0 Å². The van der Waals surface area contributed by atoms with Crippen LogP contribution in [0.15, 0.2) is 78.9 Å². The number of aryl methyl sites for hydroxylation is 2. The number of carbonyl (C=O) groups excluding carboxylic acids is 2. The molecular formula is C33H42N2O2. The molecule has 1 unspecified atom stereocenters. The van der Waals surface area contributed by atoms with Crippen LogP contribution >= 0.6 is 0 Å². The molecule has 0 spiro atoms. The highest BCUT2D eigenvalue weighted by Crippen LogP contribution is 2.23. The second-order valence-corrected chi connectivity index (χ2v) is 11.0. The maximum atomic E-state index is 13.8. The highest BCUT2D eigenvalue weighted by Gasteiger charge is 2.30. The molecule has 3 aromatic carbocycles. The van der Waals surface area contributed by atoms with Gasteiger partial charge in [0.2, 0.25) is 11.8 Å². The van der Waals surface area contributed by atoms with Crippen molar-refractivity contribution in [1.29, 1.82) is 0 Å². The number of rotatable bonds is 11. The molecule has 3 rings (SSSR count). The minimum Gasteiger partial charge on any atom is -0.354 e. The molecule has 4 nitrogen and oxygen atoms in total. The van der Waals surface area contributed by atoms with Crippen LogP contribution in [0.5, 0.6) is 0 Å². The molecule has 3 aromatic rings. The Morgan fingerprint density at radius 1 is 0.865 bits per heavy atom. The third-order valence-electron chi connectivity index (χ3n) is 6.70. The number of carbonyl (C=O) groups is 2. The average molecular weight is 499 g/mol. The lowest BCUT2D eigenvalue weighted by atomic mass is 9.86. The van der Waals surface area contributed by atoms with E-state index in [4.69, 9.17) is 0 Å². The van der Waals surface area contributed by atoms with Crippen molar-refractivity contribution in [2.24, 2.45) is 0 Å². The van der Waals surface area contributed by atoms with Crippen LogP contribution in [0.2, 0.25) is 0 Å². The van der Waals surface area contributed by atoms with E-state index in [2.05, 4.69) is 56.4 Å². The van der Waals surface area contributed by atoms with E-state index in [1.165, 1.54) is 5.56 Å². The van der Waals surface area contributed by atoms with Crippen LogP contribution in [0.3, 0.4) is 0 Å². The van der Waals surface area contributed by atoms with Gasteiger partial charge in [-0.2, -0.15) is 0 Å². The van der Waals surface area contributed by atoms with Crippen molar-refractivity contribution in [3.05, 3.63) is 107 Å². The second-order valence-electron chi connectivity index (χ2n) is 11.0. The molecule has 0 aliphatic carbocycles. The maximum Gasteiger partial charge on any atom is 0.243 e. The van der Waals surface area contributed by atoms with Gasteiger partial charge < -0.3 is 10.2 Å². The van der Waals surface area contributed by atoms with E-state index in [-0.39, 0.29) is 17.2 Å². The number of hydrogen-bond acceptors (Lipinski definition) is 2. The van der Waals surface area contributed by atoms with Crippen molar-refractivity contribution < 1.29 is 9.59 Å². The highest BCUT2D eigenvalue weighted by molar-refractivity contribution is 5.88. The highest BCUT2D eigenvalue weighted by atomic mass is 16.2. The number of nitrogens with zero attached hydrogens (tertiary/aromatic N) is 1. The molecule has 0 aromatic heterocycles. The van der Waals surface area contributed by atoms with Crippen molar-refractivity contribution in [2.75, 3.05) is 6.54 Å². The fraction of sp³-hybridized carbons (Fsp3) is 0.394. The molecule has 1 N–H and O–H groups in total. The summed E-state index contributed by atoms with van der Waals surface area (Å²) >= 11 is 0. The summed E-state index contributed by atoms with van der Waals surface area (Å²) in [6, 6.07) is 26.1. The largest absolute Gasteiger partial charge is 0.354 e. The molecule has 37 heavy (non-hydrogen) atoms. The van der Waals surface area contributed by atoms with Gasteiger partial charge in [0, 0.05) is 25.9 Å². The van der Waals surface area contributed by atoms with Gasteiger partial charge in [0.25, 0.3) is 0 Å². The summed E-state index contributed by atoms with van der Waals surface area (Å²) in [4.78, 5) is 29.0. The SMILES string of the molecule is CCCNC(=O)C(Cc1ccccc1)N(Cc1cccc(C)c1)C(=O)CCc1ccc(C(C)(C)C)cc1. The lowest BCUT2D eigenvalue weighted by Gasteiger charge is -2.32. The Kier molecular flexibility index (Phi) is 10.1. The van der Waals surface area contributed by atoms with Crippen molar-refractivity contribution in [3.63, 3.8) is 0 Å². The van der Waals surface area contributed by atoms with Crippen molar-refractivity contribution in [1.82, 2.24) is 10.2 Å². The van der Waals surface area contributed by atoms with Gasteiger partial charge in [-0.25, -0.2) is 0 Å². The van der Waals surface area contributed by atoms with Gasteiger partial charge in [0.1, 0.15) is 6.04 Å². The number of nitrogens with one attached hydrogen (secondary N) is 1. The molecule has 0 saturated heterocycles. The Balaban J connectivity index is 1.86. The predicted molar refractivity (Wildman–Crippen MR) is 152 cm³/mol. The Bertz CT molecular complexity index is 1150. The van der Waals surface area contributed by atoms with E-state index in [1.54, 1.807) is 4.90 Å². The number of hydrogen-bond donors (Lipinski definition) is 1. The van der Waals surface area contributed by atoms with Crippen LogP contribution in [-0.4, -0.2) is 29.3 Å². The first-order valence-electron chi connectivity index (χ1n) is 13.4. The molecule has 4 heteroatoms. The third kappa shape index (κ3) is 8.59. The summed E-state index contributed by atoms with van der Waals surface area (Å²) in [5.41, 5.74) is 5.71. The van der Waals surface area contributed by atoms with Crippen LogP contribution in [0.4, 0.5) is 0 Å². The summed E-state index contributed by atoms with van der Waals surface area (Å²) < 4.78 is 0. The molecule has 1 atom stereocenters. The number of amides is 2. The quantitative estimate of drug-likeness (QED) is 0.333. The summed E-state index contributed by atoms with van der Waals surface area (Å²) in [7, 11) is 0. The number of benzene rings is 3. The summed E-state index contributed by atoms with van der Waals surface area (Å²) in [5.74, 6) is -0.102. The molecule has 0 heterocycles. The van der Waals surface area contributed by atoms with Gasteiger partial charge in [-0.05, 0) is 47.4 Å². The van der Waals surface area contributed by atoms with E-state index < -0.39 is 6.04 Å². The first-order chi connectivity index (χ1) is 17.7. The van der Waals surface area contributed by atoms with Gasteiger partial charge in [0.15, 0.2) is 0 Å². The van der Waals surface area contributed by atoms with E-state index in [0.29, 0.717) is 32.4 Å².